The minimum Gasteiger partial charge on any atom is -0.326 e. The van der Waals surface area contributed by atoms with Crippen LogP contribution in [0.1, 0.15) is 31.5 Å². The highest BCUT2D eigenvalue weighted by atomic mass is 32.2. The smallest absolute Gasteiger partial charge is 0.227 e. The molecule has 3 nitrogen and oxygen atoms in total. The van der Waals surface area contributed by atoms with Gasteiger partial charge < -0.3 is 5.32 Å². The molecule has 5 heteroatoms. The van der Waals surface area contributed by atoms with Crippen LogP contribution in [0, 0.1) is 19.8 Å². The Morgan fingerprint density at radius 2 is 2.19 bits per heavy atom. The standard InChI is InChI=1S/C16H20N2OS2/c1-5-10(2)15(19)18-14-7-6-13(8-11(14)3)21-16-17-12(4)9-20-16/h6-10H,5H2,1-4H3,(H,18,19). The Kier molecular flexibility index (Phi) is 5.42. The molecule has 2 rings (SSSR count). The van der Waals surface area contributed by atoms with Crippen LogP contribution in [0.5, 0.6) is 0 Å². The second-order valence-electron chi connectivity index (χ2n) is 5.13. The number of benzene rings is 1. The second-order valence-corrected chi connectivity index (χ2v) is 7.31. The predicted molar refractivity (Wildman–Crippen MR) is 90.2 cm³/mol. The molecule has 1 unspecified atom stereocenters. The van der Waals surface area contributed by atoms with E-state index in [1.807, 2.05) is 39.8 Å². The summed E-state index contributed by atoms with van der Waals surface area (Å²) in [7, 11) is 0. The van der Waals surface area contributed by atoms with Gasteiger partial charge in [0.25, 0.3) is 0 Å². The van der Waals surface area contributed by atoms with E-state index < -0.39 is 0 Å². The average molecular weight is 320 g/mol. The fourth-order valence-corrected chi connectivity index (χ4v) is 3.67. The number of carbonyl (C=O) groups is 1. The molecule has 1 aromatic heterocycles. The molecule has 1 amide bonds. The van der Waals surface area contributed by atoms with Crippen LogP contribution < -0.4 is 5.32 Å². The Bertz CT molecular complexity index is 637. The lowest BCUT2D eigenvalue weighted by Gasteiger charge is -2.12. The van der Waals surface area contributed by atoms with E-state index >= 15 is 0 Å². The number of aryl methyl sites for hydroxylation is 2. The number of rotatable bonds is 5. The Hall–Kier alpha value is -1.33. The summed E-state index contributed by atoms with van der Waals surface area (Å²) < 4.78 is 1.04. The maximum absolute atomic E-state index is 11.9. The number of carbonyl (C=O) groups excluding carboxylic acids is 1. The van der Waals surface area contributed by atoms with Crippen molar-refractivity contribution in [2.45, 2.75) is 43.4 Å². The van der Waals surface area contributed by atoms with Gasteiger partial charge in [0.15, 0.2) is 4.34 Å². The summed E-state index contributed by atoms with van der Waals surface area (Å²) in [6.07, 6.45) is 0.849. The fraction of sp³-hybridized carbons (Fsp3) is 0.375. The highest BCUT2D eigenvalue weighted by Crippen LogP contribution is 2.32. The molecular formula is C16H20N2OS2. The maximum atomic E-state index is 11.9. The van der Waals surface area contributed by atoms with Crippen molar-refractivity contribution >= 4 is 34.7 Å². The number of thiazole rings is 1. The van der Waals surface area contributed by atoms with Gasteiger partial charge in [0.1, 0.15) is 0 Å². The van der Waals surface area contributed by atoms with E-state index in [1.54, 1.807) is 23.1 Å². The van der Waals surface area contributed by atoms with E-state index in [2.05, 4.69) is 21.7 Å². The van der Waals surface area contributed by atoms with E-state index in [0.29, 0.717) is 0 Å². The van der Waals surface area contributed by atoms with Gasteiger partial charge in [0.05, 0.1) is 0 Å². The van der Waals surface area contributed by atoms with Crippen molar-refractivity contribution in [3.05, 3.63) is 34.8 Å². The van der Waals surface area contributed by atoms with Crippen LogP contribution >= 0.6 is 23.1 Å². The van der Waals surface area contributed by atoms with Gasteiger partial charge in [-0.3, -0.25) is 4.79 Å². The van der Waals surface area contributed by atoms with Crippen LogP contribution in [-0.2, 0) is 4.79 Å². The van der Waals surface area contributed by atoms with Gasteiger partial charge in [-0.25, -0.2) is 4.98 Å². The van der Waals surface area contributed by atoms with E-state index in [0.717, 1.165) is 32.6 Å². The largest absolute Gasteiger partial charge is 0.326 e. The molecule has 112 valence electrons. The number of aromatic nitrogens is 1. The van der Waals surface area contributed by atoms with Crippen LogP contribution in [0.25, 0.3) is 0 Å². The van der Waals surface area contributed by atoms with Crippen molar-refractivity contribution in [2.75, 3.05) is 5.32 Å². The zero-order chi connectivity index (χ0) is 15.4. The summed E-state index contributed by atoms with van der Waals surface area (Å²) in [6.45, 7) is 7.98. The van der Waals surface area contributed by atoms with Gasteiger partial charge in [-0.15, -0.1) is 11.3 Å². The normalized spacial score (nSPS) is 12.2. The van der Waals surface area contributed by atoms with E-state index in [-0.39, 0.29) is 11.8 Å². The van der Waals surface area contributed by atoms with E-state index in [4.69, 9.17) is 0 Å². The van der Waals surface area contributed by atoms with Crippen molar-refractivity contribution in [3.8, 4) is 0 Å². The molecule has 0 aliphatic rings. The predicted octanol–water partition coefficient (Wildman–Crippen LogP) is 4.90. The average Bonchev–Trinajstić information content (AvgIpc) is 2.86. The summed E-state index contributed by atoms with van der Waals surface area (Å²) in [5, 5.41) is 5.05. The van der Waals surface area contributed by atoms with Crippen molar-refractivity contribution in [3.63, 3.8) is 0 Å². The lowest BCUT2D eigenvalue weighted by atomic mass is 10.1. The lowest BCUT2D eigenvalue weighted by Crippen LogP contribution is -2.20. The summed E-state index contributed by atoms with van der Waals surface area (Å²) in [5.41, 5.74) is 3.02. The van der Waals surface area contributed by atoms with Crippen molar-refractivity contribution < 1.29 is 4.79 Å². The fourth-order valence-electron chi connectivity index (χ4n) is 1.76. The lowest BCUT2D eigenvalue weighted by molar-refractivity contribution is -0.119. The summed E-state index contributed by atoms with van der Waals surface area (Å²) in [4.78, 5) is 17.5. The minimum atomic E-state index is 0.0387. The first-order valence-electron chi connectivity index (χ1n) is 7.01. The van der Waals surface area contributed by atoms with Gasteiger partial charge in [0, 0.05) is 27.6 Å². The molecule has 0 spiro atoms. The third kappa shape index (κ3) is 4.32. The first kappa shape index (κ1) is 16.0. The molecule has 0 aliphatic heterocycles. The molecule has 0 radical (unpaired) electrons. The van der Waals surface area contributed by atoms with Crippen molar-refractivity contribution in [1.82, 2.24) is 4.98 Å². The minimum absolute atomic E-state index is 0.0387. The molecule has 0 fully saturated rings. The maximum Gasteiger partial charge on any atom is 0.227 e. The first-order valence-corrected chi connectivity index (χ1v) is 8.70. The van der Waals surface area contributed by atoms with E-state index in [1.165, 1.54) is 0 Å². The summed E-state index contributed by atoms with van der Waals surface area (Å²) in [6, 6.07) is 6.09. The van der Waals surface area contributed by atoms with Crippen molar-refractivity contribution in [1.29, 1.82) is 0 Å². The SMILES string of the molecule is CCC(C)C(=O)Nc1ccc(Sc2nc(C)cs2)cc1C. The van der Waals surface area contributed by atoms with Crippen LogP contribution in [-0.4, -0.2) is 10.9 Å². The second kappa shape index (κ2) is 7.09. The van der Waals surface area contributed by atoms with Gasteiger partial charge in [-0.05, 0) is 44.0 Å². The van der Waals surface area contributed by atoms with Gasteiger partial charge >= 0.3 is 0 Å². The molecule has 21 heavy (non-hydrogen) atoms. The Morgan fingerprint density at radius 1 is 1.43 bits per heavy atom. The Morgan fingerprint density at radius 3 is 2.76 bits per heavy atom. The third-order valence-electron chi connectivity index (χ3n) is 3.32. The molecule has 0 saturated carbocycles. The van der Waals surface area contributed by atoms with Gasteiger partial charge in [-0.1, -0.05) is 25.6 Å². The quantitative estimate of drug-likeness (QED) is 0.852. The Balaban J connectivity index is 2.08. The zero-order valence-corrected chi connectivity index (χ0v) is 14.4. The van der Waals surface area contributed by atoms with Crippen LogP contribution in [0.4, 0.5) is 5.69 Å². The molecular weight excluding hydrogens is 300 g/mol. The molecule has 0 bridgehead atoms. The highest BCUT2D eigenvalue weighted by Gasteiger charge is 2.12. The number of anilines is 1. The van der Waals surface area contributed by atoms with Gasteiger partial charge in [-0.2, -0.15) is 0 Å². The van der Waals surface area contributed by atoms with E-state index in [9.17, 15) is 4.79 Å². The monoisotopic (exact) mass is 320 g/mol. The molecule has 1 atom stereocenters. The van der Waals surface area contributed by atoms with Crippen LogP contribution in [0.15, 0.2) is 32.8 Å². The topological polar surface area (TPSA) is 42.0 Å². The highest BCUT2D eigenvalue weighted by molar-refractivity contribution is 8.01. The first-order chi connectivity index (χ1) is 9.99. The molecule has 1 heterocycles. The number of hydrogen-bond acceptors (Lipinski definition) is 4. The number of nitrogens with zero attached hydrogens (tertiary/aromatic N) is 1. The summed E-state index contributed by atoms with van der Waals surface area (Å²) >= 11 is 3.31. The molecule has 0 saturated heterocycles. The van der Waals surface area contributed by atoms with Crippen LogP contribution in [0.2, 0.25) is 0 Å². The third-order valence-corrected chi connectivity index (χ3v) is 5.36. The van der Waals surface area contributed by atoms with Crippen LogP contribution in [0.3, 0.4) is 0 Å². The number of hydrogen-bond donors (Lipinski definition) is 1. The van der Waals surface area contributed by atoms with Gasteiger partial charge in [0.2, 0.25) is 5.91 Å². The van der Waals surface area contributed by atoms with Crippen molar-refractivity contribution in [2.24, 2.45) is 5.92 Å². The zero-order valence-electron chi connectivity index (χ0n) is 12.8. The summed E-state index contributed by atoms with van der Waals surface area (Å²) in [5.74, 6) is 0.119. The molecule has 1 N–H and O–H groups in total. The molecule has 2 aromatic rings. The Labute approximate surface area is 134 Å². The molecule has 0 aliphatic carbocycles. The number of nitrogens with one attached hydrogen (secondary N) is 1. The number of amides is 1. The molecule has 1 aromatic carbocycles.